The van der Waals surface area contributed by atoms with Gasteiger partial charge in [-0.25, -0.2) is 15.0 Å². The predicted octanol–water partition coefficient (Wildman–Crippen LogP) is 2.59. The van der Waals surface area contributed by atoms with Gasteiger partial charge in [0.2, 0.25) is 0 Å². The van der Waals surface area contributed by atoms with Gasteiger partial charge in [0, 0.05) is 65.4 Å². The van der Waals surface area contributed by atoms with Crippen LogP contribution in [0.1, 0.15) is 20.3 Å². The molecule has 8 nitrogen and oxygen atoms in total. The standard InChI is InChI=1S/C23H23N7O/c1-29-6-8-30(9-7-29)23-11-17(4-5-24-23)21(31)12-22-25-13-18-3-2-16(10-20(18)28-22)19-14-26-27-15-19/h2-5,10-11,13-15H,6-9,12H2,1H3,(H,26,27)/i1D3. The topological polar surface area (TPSA) is 90.9 Å². The van der Waals surface area contributed by atoms with Crippen molar-refractivity contribution in [1.29, 1.82) is 0 Å². The lowest BCUT2D eigenvalue weighted by molar-refractivity contribution is 0.0991. The van der Waals surface area contributed by atoms with Crippen LogP contribution in [0.3, 0.4) is 0 Å². The molecule has 3 aromatic heterocycles. The average molecular weight is 417 g/mol. The zero-order valence-electron chi connectivity index (χ0n) is 19.8. The van der Waals surface area contributed by atoms with Gasteiger partial charge in [-0.05, 0) is 30.7 Å². The van der Waals surface area contributed by atoms with Crippen molar-refractivity contribution in [2.75, 3.05) is 38.1 Å². The van der Waals surface area contributed by atoms with Crippen LogP contribution >= 0.6 is 0 Å². The fraction of sp³-hybridized carbons (Fsp3) is 0.261. The summed E-state index contributed by atoms with van der Waals surface area (Å²) < 4.78 is 22.7. The molecule has 0 unspecified atom stereocenters. The van der Waals surface area contributed by atoms with Crippen molar-refractivity contribution < 1.29 is 8.91 Å². The number of aromatic nitrogens is 5. The number of hydrogen-bond donors (Lipinski definition) is 1. The highest BCUT2D eigenvalue weighted by molar-refractivity contribution is 5.98. The van der Waals surface area contributed by atoms with Gasteiger partial charge >= 0.3 is 0 Å². The minimum Gasteiger partial charge on any atom is -0.354 e. The number of carbonyl (C=O) groups excluding carboxylic acids is 1. The van der Waals surface area contributed by atoms with Gasteiger partial charge in [0.1, 0.15) is 11.6 Å². The quantitative estimate of drug-likeness (QED) is 0.500. The molecule has 1 fully saturated rings. The van der Waals surface area contributed by atoms with E-state index in [1.165, 1.54) is 4.90 Å². The lowest BCUT2D eigenvalue weighted by Crippen LogP contribution is -2.44. The lowest BCUT2D eigenvalue weighted by atomic mass is 10.1. The van der Waals surface area contributed by atoms with Gasteiger partial charge in [-0.3, -0.25) is 9.89 Å². The number of anilines is 1. The number of fused-ring (bicyclic) bond motifs is 1. The minimum absolute atomic E-state index is 0.0716. The number of benzene rings is 1. The van der Waals surface area contributed by atoms with Gasteiger partial charge in [0.25, 0.3) is 0 Å². The molecule has 0 radical (unpaired) electrons. The third-order valence-electron chi connectivity index (χ3n) is 5.45. The molecule has 1 aromatic carbocycles. The van der Waals surface area contributed by atoms with E-state index in [-0.39, 0.29) is 12.2 Å². The first kappa shape index (κ1) is 16.1. The number of rotatable bonds is 5. The van der Waals surface area contributed by atoms with E-state index in [0.29, 0.717) is 43.4 Å². The summed E-state index contributed by atoms with van der Waals surface area (Å²) in [5, 5.41) is 7.69. The molecule has 5 rings (SSSR count). The fourth-order valence-corrected chi connectivity index (χ4v) is 3.68. The number of pyridine rings is 1. The molecule has 4 heterocycles. The smallest absolute Gasteiger partial charge is 0.170 e. The maximum Gasteiger partial charge on any atom is 0.170 e. The van der Waals surface area contributed by atoms with Crippen LogP contribution in [0.2, 0.25) is 0 Å². The molecule has 0 atom stereocenters. The highest BCUT2D eigenvalue weighted by Crippen LogP contribution is 2.22. The maximum atomic E-state index is 13.0. The summed E-state index contributed by atoms with van der Waals surface area (Å²) in [5.74, 6) is 1.02. The summed E-state index contributed by atoms with van der Waals surface area (Å²) >= 11 is 0. The summed E-state index contributed by atoms with van der Waals surface area (Å²) in [7, 11) is 0. The van der Waals surface area contributed by atoms with Crippen molar-refractivity contribution in [3.05, 3.63) is 66.5 Å². The number of hydrogen-bond acceptors (Lipinski definition) is 7. The third kappa shape index (κ3) is 4.15. The maximum absolute atomic E-state index is 13.0. The number of Topliss-reactive ketones (excluding diaryl/α,β-unsaturated/α-hetero) is 1. The van der Waals surface area contributed by atoms with Gasteiger partial charge < -0.3 is 9.80 Å². The van der Waals surface area contributed by atoms with Gasteiger partial charge in [-0.1, -0.05) is 12.1 Å². The van der Waals surface area contributed by atoms with Gasteiger partial charge in [0.05, 0.1) is 18.1 Å². The molecule has 156 valence electrons. The van der Waals surface area contributed by atoms with Gasteiger partial charge in [0.15, 0.2) is 5.78 Å². The molecule has 1 saturated heterocycles. The summed E-state index contributed by atoms with van der Waals surface area (Å²) in [6, 6.07) is 9.33. The Bertz CT molecular complexity index is 1320. The number of nitrogens with zero attached hydrogens (tertiary/aromatic N) is 6. The molecular formula is C23H23N7O. The van der Waals surface area contributed by atoms with Crippen molar-refractivity contribution in [3.63, 3.8) is 0 Å². The first-order valence-corrected chi connectivity index (χ1v) is 10.1. The largest absolute Gasteiger partial charge is 0.354 e. The van der Waals surface area contributed by atoms with Crippen LogP contribution in [-0.2, 0) is 6.42 Å². The molecule has 0 saturated carbocycles. The van der Waals surface area contributed by atoms with Crippen LogP contribution in [0.25, 0.3) is 22.0 Å². The van der Waals surface area contributed by atoms with E-state index in [4.69, 9.17) is 4.11 Å². The number of likely N-dealkylation sites (N-methyl/N-ethyl adjacent to an activating group) is 1. The van der Waals surface area contributed by atoms with E-state index in [9.17, 15) is 4.79 Å². The van der Waals surface area contributed by atoms with Crippen molar-refractivity contribution in [2.24, 2.45) is 0 Å². The highest BCUT2D eigenvalue weighted by Gasteiger charge is 2.17. The second-order valence-corrected chi connectivity index (χ2v) is 7.52. The summed E-state index contributed by atoms with van der Waals surface area (Å²) in [5.41, 5.74) is 3.23. The normalized spacial score (nSPS) is 16.6. The second kappa shape index (κ2) is 8.23. The van der Waals surface area contributed by atoms with Crippen molar-refractivity contribution in [3.8, 4) is 11.1 Å². The number of nitrogens with one attached hydrogen (secondary N) is 1. The van der Waals surface area contributed by atoms with Crippen molar-refractivity contribution >= 4 is 22.5 Å². The Balaban J connectivity index is 1.31. The van der Waals surface area contributed by atoms with E-state index in [1.807, 2.05) is 29.3 Å². The first-order chi connectivity index (χ1) is 16.4. The zero-order chi connectivity index (χ0) is 23.7. The number of H-pyrrole nitrogens is 1. The molecule has 1 N–H and O–H groups in total. The third-order valence-corrected chi connectivity index (χ3v) is 5.45. The Kier molecular flexibility index (Phi) is 4.27. The van der Waals surface area contributed by atoms with E-state index in [2.05, 4.69) is 25.1 Å². The number of piperazine rings is 1. The molecule has 31 heavy (non-hydrogen) atoms. The van der Waals surface area contributed by atoms with E-state index >= 15 is 0 Å². The Morgan fingerprint density at radius 2 is 2.00 bits per heavy atom. The second-order valence-electron chi connectivity index (χ2n) is 7.52. The molecule has 0 spiro atoms. The van der Waals surface area contributed by atoms with Crippen molar-refractivity contribution in [2.45, 2.75) is 6.42 Å². The van der Waals surface area contributed by atoms with Crippen LogP contribution in [0.5, 0.6) is 0 Å². The molecule has 0 bridgehead atoms. The van der Waals surface area contributed by atoms with Crippen LogP contribution in [0.4, 0.5) is 5.82 Å². The minimum atomic E-state index is -2.09. The Labute approximate surface area is 184 Å². The van der Waals surface area contributed by atoms with Crippen LogP contribution in [-0.4, -0.2) is 69.0 Å². The summed E-state index contributed by atoms with van der Waals surface area (Å²) in [6.07, 6.45) is 6.97. The molecule has 0 aliphatic carbocycles. The number of aromatic amines is 1. The summed E-state index contributed by atoms with van der Waals surface area (Å²) in [6.45, 7) is -0.174. The lowest BCUT2D eigenvalue weighted by Gasteiger charge is -2.33. The SMILES string of the molecule is [2H]C([2H])([2H])N1CCN(c2cc(C(=O)Cc3ncc4ccc(-c5cn[nH]c5)cc4n3)ccn2)CC1. The van der Waals surface area contributed by atoms with Crippen molar-refractivity contribution in [1.82, 2.24) is 30.0 Å². The molecule has 8 heteroatoms. The monoisotopic (exact) mass is 416 g/mol. The Hall–Kier alpha value is -3.65. The van der Waals surface area contributed by atoms with Crippen LogP contribution < -0.4 is 4.90 Å². The first-order valence-electron chi connectivity index (χ1n) is 11.6. The molecule has 4 aromatic rings. The van der Waals surface area contributed by atoms with Gasteiger partial charge in [-0.2, -0.15) is 5.10 Å². The highest BCUT2D eigenvalue weighted by atomic mass is 16.1. The van der Waals surface area contributed by atoms with E-state index in [1.54, 1.807) is 30.7 Å². The molecule has 1 aliphatic rings. The number of carbonyl (C=O) groups is 1. The Morgan fingerprint density at radius 3 is 2.81 bits per heavy atom. The Morgan fingerprint density at radius 1 is 1.10 bits per heavy atom. The molecule has 1 aliphatic heterocycles. The predicted molar refractivity (Wildman–Crippen MR) is 119 cm³/mol. The number of ketones is 1. The van der Waals surface area contributed by atoms with E-state index in [0.717, 1.165) is 22.0 Å². The zero-order valence-corrected chi connectivity index (χ0v) is 16.8. The molecular weight excluding hydrogens is 390 g/mol. The van der Waals surface area contributed by atoms with Crippen LogP contribution in [0.15, 0.2) is 55.1 Å². The van der Waals surface area contributed by atoms with Gasteiger partial charge in [-0.15, -0.1) is 0 Å². The molecule has 0 amide bonds. The van der Waals surface area contributed by atoms with E-state index < -0.39 is 6.98 Å². The summed E-state index contributed by atoms with van der Waals surface area (Å²) in [4.78, 5) is 29.9. The fourth-order valence-electron chi connectivity index (χ4n) is 3.68. The van der Waals surface area contributed by atoms with Crippen LogP contribution in [0, 0.1) is 0 Å². The average Bonchev–Trinajstić information content (AvgIpc) is 3.38.